The molecule has 0 radical (unpaired) electrons. The average molecular weight is 427 g/mol. The summed E-state index contributed by atoms with van der Waals surface area (Å²) >= 11 is 0. The zero-order valence-corrected chi connectivity index (χ0v) is 18.6. The van der Waals surface area contributed by atoms with Gasteiger partial charge in [0.05, 0.1) is 0 Å². The summed E-state index contributed by atoms with van der Waals surface area (Å²) in [6, 6.07) is 25.4. The highest BCUT2D eigenvalue weighted by molar-refractivity contribution is 5.68. The number of hydrogen-bond acceptors (Lipinski definition) is 3. The smallest absolute Gasteiger partial charge is 0.199 e. The SMILES string of the molecule is CCCC(OC)Oc1ccc(C=CC(C=Cc2ccccc2)=Cc2ccc(O)cc2)cc1. The molecule has 0 fully saturated rings. The molecule has 0 spiro atoms. The van der Waals surface area contributed by atoms with Crippen LogP contribution in [0.25, 0.3) is 18.2 Å². The van der Waals surface area contributed by atoms with Gasteiger partial charge in [-0.05, 0) is 52.6 Å². The third kappa shape index (κ3) is 7.60. The Balaban J connectivity index is 1.77. The molecule has 3 rings (SSSR count). The molecule has 3 heteroatoms. The van der Waals surface area contributed by atoms with Crippen LogP contribution in [0.5, 0.6) is 11.5 Å². The van der Waals surface area contributed by atoms with Gasteiger partial charge in [-0.3, -0.25) is 0 Å². The maximum Gasteiger partial charge on any atom is 0.199 e. The van der Waals surface area contributed by atoms with Crippen LogP contribution in [0, 0.1) is 0 Å². The fourth-order valence-corrected chi connectivity index (χ4v) is 3.13. The highest BCUT2D eigenvalue weighted by Crippen LogP contribution is 2.19. The Morgan fingerprint density at radius 3 is 2.00 bits per heavy atom. The number of benzene rings is 3. The Kier molecular flexibility index (Phi) is 8.91. The van der Waals surface area contributed by atoms with Crippen molar-refractivity contribution in [2.75, 3.05) is 7.11 Å². The van der Waals surface area contributed by atoms with Crippen LogP contribution in [0.2, 0.25) is 0 Å². The second-order valence-electron chi connectivity index (χ2n) is 7.45. The minimum absolute atomic E-state index is 0.218. The molecule has 32 heavy (non-hydrogen) atoms. The van der Waals surface area contributed by atoms with Gasteiger partial charge in [-0.2, -0.15) is 0 Å². The minimum Gasteiger partial charge on any atom is -0.508 e. The molecule has 3 nitrogen and oxygen atoms in total. The Hall–Kier alpha value is -3.56. The summed E-state index contributed by atoms with van der Waals surface area (Å²) in [6.45, 7) is 2.11. The first-order valence-electron chi connectivity index (χ1n) is 10.9. The van der Waals surface area contributed by atoms with E-state index in [2.05, 4.69) is 49.4 Å². The normalized spacial score (nSPS) is 13.0. The van der Waals surface area contributed by atoms with Crippen LogP contribution in [-0.2, 0) is 4.74 Å². The summed E-state index contributed by atoms with van der Waals surface area (Å²) in [6.07, 6.45) is 12.1. The summed E-state index contributed by atoms with van der Waals surface area (Å²) < 4.78 is 11.2. The lowest BCUT2D eigenvalue weighted by molar-refractivity contribution is -0.0583. The van der Waals surface area contributed by atoms with Crippen molar-refractivity contribution in [2.45, 2.75) is 26.1 Å². The second-order valence-corrected chi connectivity index (χ2v) is 7.45. The van der Waals surface area contributed by atoms with Gasteiger partial charge in [0.1, 0.15) is 11.5 Å². The van der Waals surface area contributed by atoms with E-state index in [1.54, 1.807) is 19.2 Å². The first-order valence-corrected chi connectivity index (χ1v) is 10.9. The van der Waals surface area contributed by atoms with Crippen LogP contribution in [0.1, 0.15) is 36.5 Å². The zero-order valence-electron chi connectivity index (χ0n) is 18.6. The fraction of sp³-hybridized carbons (Fsp3) is 0.172. The molecule has 1 unspecified atom stereocenters. The van der Waals surface area contributed by atoms with E-state index >= 15 is 0 Å². The Labute approximate surface area is 191 Å². The van der Waals surface area contributed by atoms with Crippen LogP contribution >= 0.6 is 0 Å². The molecule has 0 saturated carbocycles. The second kappa shape index (κ2) is 12.3. The van der Waals surface area contributed by atoms with E-state index in [-0.39, 0.29) is 12.0 Å². The van der Waals surface area contributed by atoms with Crippen molar-refractivity contribution in [3.05, 3.63) is 113 Å². The van der Waals surface area contributed by atoms with Crippen LogP contribution in [0.15, 0.2) is 96.6 Å². The first-order chi connectivity index (χ1) is 15.7. The van der Waals surface area contributed by atoms with Crippen LogP contribution < -0.4 is 4.74 Å². The summed E-state index contributed by atoms with van der Waals surface area (Å²) in [4.78, 5) is 0. The van der Waals surface area contributed by atoms with Gasteiger partial charge < -0.3 is 14.6 Å². The maximum atomic E-state index is 9.55. The van der Waals surface area contributed by atoms with E-state index in [0.29, 0.717) is 0 Å². The van der Waals surface area contributed by atoms with Crippen molar-refractivity contribution in [3.8, 4) is 11.5 Å². The predicted octanol–water partition coefficient (Wildman–Crippen LogP) is 7.35. The highest BCUT2D eigenvalue weighted by atomic mass is 16.7. The average Bonchev–Trinajstić information content (AvgIpc) is 2.83. The number of phenols is 1. The van der Waals surface area contributed by atoms with Crippen molar-refractivity contribution in [1.29, 1.82) is 0 Å². The molecule has 0 aliphatic heterocycles. The van der Waals surface area contributed by atoms with Gasteiger partial charge in [-0.15, -0.1) is 0 Å². The quantitative estimate of drug-likeness (QED) is 0.272. The predicted molar refractivity (Wildman–Crippen MR) is 133 cm³/mol. The van der Waals surface area contributed by atoms with E-state index in [1.807, 2.05) is 54.6 Å². The first kappa shape index (κ1) is 23.1. The lowest BCUT2D eigenvalue weighted by Gasteiger charge is -2.16. The van der Waals surface area contributed by atoms with E-state index in [4.69, 9.17) is 9.47 Å². The van der Waals surface area contributed by atoms with Gasteiger partial charge in [0.2, 0.25) is 0 Å². The number of methoxy groups -OCH3 is 1. The lowest BCUT2D eigenvalue weighted by atomic mass is 10.1. The van der Waals surface area contributed by atoms with Gasteiger partial charge in [-0.25, -0.2) is 0 Å². The van der Waals surface area contributed by atoms with Crippen LogP contribution in [0.3, 0.4) is 0 Å². The molecule has 0 saturated heterocycles. The number of hydrogen-bond donors (Lipinski definition) is 1. The van der Waals surface area contributed by atoms with Crippen molar-refractivity contribution in [2.24, 2.45) is 0 Å². The number of rotatable bonds is 10. The number of ether oxygens (including phenoxy) is 2. The van der Waals surface area contributed by atoms with Crippen molar-refractivity contribution in [1.82, 2.24) is 0 Å². The Morgan fingerprint density at radius 1 is 0.812 bits per heavy atom. The molecule has 0 bridgehead atoms. The number of allylic oxidation sites excluding steroid dienone is 3. The largest absolute Gasteiger partial charge is 0.508 e. The van der Waals surface area contributed by atoms with Crippen molar-refractivity contribution >= 4 is 18.2 Å². The molecule has 1 N–H and O–H groups in total. The molecular formula is C29H30O3. The van der Waals surface area contributed by atoms with Gasteiger partial charge in [0, 0.05) is 13.5 Å². The lowest BCUT2D eigenvalue weighted by Crippen LogP contribution is -2.18. The Bertz CT molecular complexity index is 1030. The molecule has 0 aliphatic rings. The third-order valence-corrected chi connectivity index (χ3v) is 4.90. The van der Waals surface area contributed by atoms with Gasteiger partial charge in [-0.1, -0.05) is 92.2 Å². The summed E-state index contributed by atoms with van der Waals surface area (Å²) in [5.74, 6) is 1.06. The molecule has 3 aromatic rings. The maximum absolute atomic E-state index is 9.55. The van der Waals surface area contributed by atoms with E-state index in [0.717, 1.165) is 40.9 Å². The standard InChI is InChI=1S/C29H30O3/c1-3-7-29(31-2)32-28-20-16-24(17-21-28)11-13-25(12-10-23-8-5-4-6-9-23)22-26-14-18-27(30)19-15-26/h4-6,8-22,29-30H,3,7H2,1-2H3. The highest BCUT2D eigenvalue weighted by Gasteiger charge is 2.07. The molecule has 0 aromatic heterocycles. The zero-order chi connectivity index (χ0) is 22.6. The van der Waals surface area contributed by atoms with Gasteiger partial charge in [0.25, 0.3) is 0 Å². The minimum atomic E-state index is -0.218. The van der Waals surface area contributed by atoms with Crippen LogP contribution in [0.4, 0.5) is 0 Å². The molecule has 0 amide bonds. The van der Waals surface area contributed by atoms with E-state index < -0.39 is 0 Å². The Morgan fingerprint density at radius 2 is 1.41 bits per heavy atom. The number of aromatic hydroxyl groups is 1. The summed E-state index contributed by atoms with van der Waals surface area (Å²) in [7, 11) is 1.67. The van der Waals surface area contributed by atoms with Crippen LogP contribution in [-0.4, -0.2) is 18.5 Å². The van der Waals surface area contributed by atoms with Crippen molar-refractivity contribution in [3.63, 3.8) is 0 Å². The fourth-order valence-electron chi connectivity index (χ4n) is 3.13. The third-order valence-electron chi connectivity index (χ3n) is 4.90. The summed E-state index contributed by atoms with van der Waals surface area (Å²) in [5.41, 5.74) is 4.28. The van der Waals surface area contributed by atoms with E-state index in [1.165, 1.54) is 0 Å². The molecule has 164 valence electrons. The van der Waals surface area contributed by atoms with Crippen molar-refractivity contribution < 1.29 is 14.6 Å². The molecule has 0 aliphatic carbocycles. The molecule has 3 aromatic carbocycles. The summed E-state index contributed by atoms with van der Waals surface area (Å²) in [5, 5.41) is 9.55. The van der Waals surface area contributed by atoms with Gasteiger partial charge >= 0.3 is 0 Å². The molecular weight excluding hydrogens is 396 g/mol. The van der Waals surface area contributed by atoms with E-state index in [9.17, 15) is 5.11 Å². The molecule has 1 atom stereocenters. The number of phenolic OH excluding ortho intramolecular Hbond substituents is 1. The van der Waals surface area contributed by atoms with Gasteiger partial charge in [0.15, 0.2) is 6.29 Å². The monoisotopic (exact) mass is 426 g/mol. The topological polar surface area (TPSA) is 38.7 Å². The molecule has 0 heterocycles.